The van der Waals surface area contributed by atoms with Gasteiger partial charge in [-0.2, -0.15) is 0 Å². The van der Waals surface area contributed by atoms with E-state index < -0.39 is 0 Å². The number of aryl methyl sites for hydroxylation is 1. The number of carbonyl (C=O) groups is 1. The Kier molecular flexibility index (Phi) is 6.02. The second-order valence-electron chi connectivity index (χ2n) is 8.33. The molecule has 5 rings (SSSR count). The molecule has 0 saturated carbocycles. The number of anilines is 1. The summed E-state index contributed by atoms with van der Waals surface area (Å²) in [6.45, 7) is 3.35. The van der Waals surface area contributed by atoms with Gasteiger partial charge in [0.1, 0.15) is 0 Å². The first-order chi connectivity index (χ1) is 15.7. The summed E-state index contributed by atoms with van der Waals surface area (Å²) in [7, 11) is 0. The number of aromatic nitrogens is 1. The molecule has 32 heavy (non-hydrogen) atoms. The van der Waals surface area contributed by atoms with Crippen molar-refractivity contribution in [1.82, 2.24) is 4.98 Å². The number of thiazole rings is 1. The third-order valence-corrected chi connectivity index (χ3v) is 6.99. The average molecular weight is 443 g/mol. The van der Waals surface area contributed by atoms with Crippen LogP contribution in [-0.2, 0) is 11.2 Å². The first-order valence-corrected chi connectivity index (χ1v) is 11.9. The predicted octanol–water partition coefficient (Wildman–Crippen LogP) is 6.02. The smallest absolute Gasteiger partial charge is 0.260 e. The van der Waals surface area contributed by atoms with Gasteiger partial charge in [-0.05, 0) is 61.1 Å². The number of rotatable bonds is 6. The van der Waals surface area contributed by atoms with E-state index in [4.69, 9.17) is 9.72 Å². The molecule has 0 aliphatic carbocycles. The molecule has 162 valence electrons. The molecule has 0 radical (unpaired) electrons. The van der Waals surface area contributed by atoms with Crippen molar-refractivity contribution in [3.8, 4) is 0 Å². The van der Waals surface area contributed by atoms with Crippen LogP contribution in [0.25, 0.3) is 10.2 Å². The van der Waals surface area contributed by atoms with Gasteiger partial charge in [-0.15, -0.1) is 0 Å². The molecule has 0 bridgehead atoms. The number of hydrogen-bond donors (Lipinski definition) is 0. The maximum atomic E-state index is 13.6. The summed E-state index contributed by atoms with van der Waals surface area (Å²) in [5.74, 6) is -0.0246. The number of nitrogens with zero attached hydrogens (tertiary/aromatic N) is 2. The number of carbonyl (C=O) groups excluding carboxylic acids is 1. The molecule has 1 fully saturated rings. The van der Waals surface area contributed by atoms with Crippen molar-refractivity contribution in [2.75, 3.05) is 18.1 Å². The highest BCUT2D eigenvalue weighted by atomic mass is 32.1. The van der Waals surface area contributed by atoms with E-state index in [1.807, 2.05) is 41.3 Å². The van der Waals surface area contributed by atoms with Crippen molar-refractivity contribution in [3.63, 3.8) is 0 Å². The minimum atomic E-state index is -0.0246. The van der Waals surface area contributed by atoms with Gasteiger partial charge in [0.05, 0.1) is 22.9 Å². The van der Waals surface area contributed by atoms with Gasteiger partial charge in [0, 0.05) is 12.2 Å². The quantitative estimate of drug-likeness (QED) is 0.367. The van der Waals surface area contributed by atoms with E-state index in [0.29, 0.717) is 12.1 Å². The summed E-state index contributed by atoms with van der Waals surface area (Å²) >= 11 is 1.57. The Balaban J connectivity index is 1.42. The van der Waals surface area contributed by atoms with E-state index in [9.17, 15) is 4.79 Å². The lowest BCUT2D eigenvalue weighted by Crippen LogP contribution is -2.37. The third-order valence-electron chi connectivity index (χ3n) is 5.95. The van der Waals surface area contributed by atoms with Crippen molar-refractivity contribution >= 4 is 32.6 Å². The van der Waals surface area contributed by atoms with E-state index in [1.54, 1.807) is 11.3 Å². The van der Waals surface area contributed by atoms with Gasteiger partial charge >= 0.3 is 0 Å². The highest BCUT2D eigenvalue weighted by molar-refractivity contribution is 7.22. The van der Waals surface area contributed by atoms with E-state index in [-0.39, 0.29) is 12.0 Å². The summed E-state index contributed by atoms with van der Waals surface area (Å²) in [5.41, 5.74) is 5.22. The molecule has 0 N–H and O–H groups in total. The summed E-state index contributed by atoms with van der Waals surface area (Å²) in [5, 5.41) is 0.739. The topological polar surface area (TPSA) is 42.4 Å². The molecule has 4 nitrogen and oxygen atoms in total. The molecule has 2 heterocycles. The molecule has 1 atom stereocenters. The van der Waals surface area contributed by atoms with Crippen LogP contribution in [0.1, 0.15) is 39.9 Å². The minimum Gasteiger partial charge on any atom is -0.376 e. The van der Waals surface area contributed by atoms with Crippen LogP contribution in [0.2, 0.25) is 0 Å². The molecule has 1 unspecified atom stereocenters. The zero-order valence-electron chi connectivity index (χ0n) is 18.2. The Bertz CT molecular complexity index is 1210. The molecule has 1 aromatic heterocycles. The maximum Gasteiger partial charge on any atom is 0.260 e. The zero-order valence-corrected chi connectivity index (χ0v) is 19.0. The first kappa shape index (κ1) is 20.9. The lowest BCUT2D eigenvalue weighted by molar-refractivity contribution is 0.0917. The zero-order chi connectivity index (χ0) is 21.9. The van der Waals surface area contributed by atoms with Crippen molar-refractivity contribution < 1.29 is 9.53 Å². The molecule has 1 saturated heterocycles. The van der Waals surface area contributed by atoms with E-state index in [2.05, 4.69) is 43.3 Å². The van der Waals surface area contributed by atoms with Crippen LogP contribution in [0.5, 0.6) is 0 Å². The lowest BCUT2D eigenvalue weighted by atomic mass is 10.0. The van der Waals surface area contributed by atoms with Gasteiger partial charge in [-0.3, -0.25) is 9.69 Å². The van der Waals surface area contributed by atoms with Crippen LogP contribution in [0.15, 0.2) is 72.8 Å². The van der Waals surface area contributed by atoms with Crippen LogP contribution in [-0.4, -0.2) is 30.1 Å². The highest BCUT2D eigenvalue weighted by Crippen LogP contribution is 2.32. The predicted molar refractivity (Wildman–Crippen MR) is 131 cm³/mol. The number of hydrogen-bond acceptors (Lipinski definition) is 4. The van der Waals surface area contributed by atoms with Crippen LogP contribution >= 0.6 is 11.3 Å². The molecule has 1 amide bonds. The van der Waals surface area contributed by atoms with Gasteiger partial charge in [0.25, 0.3) is 5.91 Å². The van der Waals surface area contributed by atoms with Gasteiger partial charge in [-0.25, -0.2) is 4.98 Å². The number of para-hydroxylation sites is 1. The Morgan fingerprint density at radius 3 is 2.53 bits per heavy atom. The van der Waals surface area contributed by atoms with Crippen LogP contribution < -0.4 is 4.90 Å². The van der Waals surface area contributed by atoms with Crippen molar-refractivity contribution in [2.24, 2.45) is 0 Å². The second-order valence-corrected chi connectivity index (χ2v) is 9.34. The standard InChI is InChI=1S/C27H26N2O2S/c1-19-7-5-11-24-25(19)28-27(32-24)29(18-23-10-6-16-31-23)26(30)22-14-12-21(13-15-22)17-20-8-3-2-4-9-20/h2-5,7-9,11-15,23H,6,10,16-18H2,1H3. The van der Waals surface area contributed by atoms with Crippen LogP contribution in [0.3, 0.4) is 0 Å². The Hall–Kier alpha value is -3.02. The Morgan fingerprint density at radius 2 is 1.81 bits per heavy atom. The molecule has 3 aromatic carbocycles. The monoisotopic (exact) mass is 442 g/mol. The largest absolute Gasteiger partial charge is 0.376 e. The summed E-state index contributed by atoms with van der Waals surface area (Å²) in [6.07, 6.45) is 2.93. The maximum absolute atomic E-state index is 13.6. The van der Waals surface area contributed by atoms with Gasteiger partial charge in [0.2, 0.25) is 0 Å². The summed E-state index contributed by atoms with van der Waals surface area (Å²) in [4.78, 5) is 20.3. The van der Waals surface area contributed by atoms with Crippen molar-refractivity contribution in [3.05, 3.63) is 95.1 Å². The first-order valence-electron chi connectivity index (χ1n) is 11.1. The number of fused-ring (bicyclic) bond motifs is 1. The number of amides is 1. The van der Waals surface area contributed by atoms with Crippen molar-refractivity contribution in [1.29, 1.82) is 0 Å². The van der Waals surface area contributed by atoms with E-state index >= 15 is 0 Å². The minimum absolute atomic E-state index is 0.0246. The summed E-state index contributed by atoms with van der Waals surface area (Å²) < 4.78 is 6.96. The SMILES string of the molecule is Cc1cccc2sc(N(CC3CCCO3)C(=O)c3ccc(Cc4ccccc4)cc3)nc12. The average Bonchev–Trinajstić information content (AvgIpc) is 3.49. The molecular weight excluding hydrogens is 416 g/mol. The molecular formula is C27H26N2O2S. The molecule has 1 aliphatic rings. The molecule has 0 spiro atoms. The fraction of sp³-hybridized carbons (Fsp3) is 0.259. The van der Waals surface area contributed by atoms with Crippen molar-refractivity contribution in [2.45, 2.75) is 32.3 Å². The van der Waals surface area contributed by atoms with Gasteiger partial charge in [0.15, 0.2) is 5.13 Å². The molecule has 5 heteroatoms. The number of benzene rings is 3. The Morgan fingerprint density at radius 1 is 1.03 bits per heavy atom. The highest BCUT2D eigenvalue weighted by Gasteiger charge is 2.27. The van der Waals surface area contributed by atoms with Crippen LogP contribution in [0.4, 0.5) is 5.13 Å². The lowest BCUT2D eigenvalue weighted by Gasteiger charge is -2.23. The third kappa shape index (κ3) is 4.45. The second kappa shape index (κ2) is 9.23. The van der Waals surface area contributed by atoms with E-state index in [1.165, 1.54) is 11.1 Å². The fourth-order valence-corrected chi connectivity index (χ4v) is 5.23. The molecule has 1 aliphatic heterocycles. The molecule has 4 aromatic rings. The van der Waals surface area contributed by atoms with E-state index in [0.717, 1.165) is 46.8 Å². The number of ether oxygens (including phenoxy) is 1. The Labute approximate surface area is 192 Å². The van der Waals surface area contributed by atoms with Gasteiger partial charge < -0.3 is 4.74 Å². The van der Waals surface area contributed by atoms with Crippen LogP contribution in [0, 0.1) is 6.92 Å². The fourth-order valence-electron chi connectivity index (χ4n) is 4.18. The van der Waals surface area contributed by atoms with Gasteiger partial charge in [-0.1, -0.05) is 65.9 Å². The summed E-state index contributed by atoms with van der Waals surface area (Å²) in [6, 6.07) is 24.5. The normalized spacial score (nSPS) is 15.8.